The van der Waals surface area contributed by atoms with Crippen LogP contribution in [0.4, 0.5) is 0 Å². The zero-order chi connectivity index (χ0) is 13.9. The summed E-state index contributed by atoms with van der Waals surface area (Å²) in [5, 5.41) is 3.27. The number of carbonyl (C=O) groups excluding carboxylic acids is 2. The molecule has 2 unspecified atom stereocenters. The zero-order valence-electron chi connectivity index (χ0n) is 12.1. The molecule has 5 nitrogen and oxygen atoms in total. The van der Waals surface area contributed by atoms with E-state index in [2.05, 4.69) is 5.32 Å². The Balaban J connectivity index is 1.64. The van der Waals surface area contributed by atoms with Gasteiger partial charge in [-0.25, -0.2) is 0 Å². The molecule has 2 amide bonds. The number of hydrogen-bond acceptors (Lipinski definition) is 3. The fourth-order valence-electron chi connectivity index (χ4n) is 3.96. The normalized spacial score (nSPS) is 30.8. The molecule has 1 aliphatic carbocycles. The molecule has 2 heterocycles. The summed E-state index contributed by atoms with van der Waals surface area (Å²) in [6.45, 7) is 3.88. The maximum Gasteiger partial charge on any atom is 0.312 e. The van der Waals surface area contributed by atoms with Crippen molar-refractivity contribution in [1.82, 2.24) is 15.1 Å². The molecular formula is C15H25N3O2. The predicted molar refractivity (Wildman–Crippen MR) is 76.1 cm³/mol. The molecule has 112 valence electrons. The van der Waals surface area contributed by atoms with Gasteiger partial charge < -0.3 is 15.1 Å². The Morgan fingerprint density at radius 2 is 1.70 bits per heavy atom. The summed E-state index contributed by atoms with van der Waals surface area (Å²) in [5.74, 6) is 0.118. The number of rotatable bonds is 0. The third-order valence-corrected chi connectivity index (χ3v) is 5.08. The van der Waals surface area contributed by atoms with E-state index in [0.29, 0.717) is 25.0 Å². The first-order valence-corrected chi connectivity index (χ1v) is 8.08. The molecule has 3 fully saturated rings. The van der Waals surface area contributed by atoms with Crippen LogP contribution in [0.2, 0.25) is 0 Å². The second kappa shape index (κ2) is 6.12. The van der Waals surface area contributed by atoms with Gasteiger partial charge in [-0.1, -0.05) is 12.8 Å². The number of hydrogen-bond donors (Lipinski definition) is 1. The molecule has 0 radical (unpaired) electrons. The molecule has 5 heteroatoms. The minimum Gasteiger partial charge on any atom is -0.333 e. The average Bonchev–Trinajstić information content (AvgIpc) is 2.72. The van der Waals surface area contributed by atoms with Gasteiger partial charge in [0.15, 0.2) is 0 Å². The molecule has 1 saturated carbocycles. The summed E-state index contributed by atoms with van der Waals surface area (Å²) in [5.41, 5.74) is 0. The van der Waals surface area contributed by atoms with Crippen LogP contribution in [0.15, 0.2) is 0 Å². The van der Waals surface area contributed by atoms with E-state index in [1.165, 1.54) is 19.3 Å². The molecule has 0 bridgehead atoms. The third-order valence-electron chi connectivity index (χ3n) is 5.08. The Morgan fingerprint density at radius 1 is 0.850 bits per heavy atom. The molecule has 0 aromatic rings. The average molecular weight is 279 g/mol. The summed E-state index contributed by atoms with van der Waals surface area (Å²) in [4.78, 5) is 28.6. The highest BCUT2D eigenvalue weighted by Gasteiger charge is 2.41. The third kappa shape index (κ3) is 2.68. The molecule has 0 aromatic heterocycles. The van der Waals surface area contributed by atoms with Crippen molar-refractivity contribution in [2.75, 3.05) is 32.7 Å². The van der Waals surface area contributed by atoms with Gasteiger partial charge in [-0.2, -0.15) is 0 Å². The topological polar surface area (TPSA) is 52.7 Å². The molecule has 3 aliphatic rings. The summed E-state index contributed by atoms with van der Waals surface area (Å²) >= 11 is 0. The van der Waals surface area contributed by atoms with E-state index < -0.39 is 0 Å². The van der Waals surface area contributed by atoms with Crippen LogP contribution in [0.3, 0.4) is 0 Å². The van der Waals surface area contributed by atoms with Gasteiger partial charge in [0.1, 0.15) is 0 Å². The van der Waals surface area contributed by atoms with E-state index in [1.807, 2.05) is 4.90 Å². The first kappa shape index (κ1) is 13.9. The Labute approximate surface area is 120 Å². The number of carbonyl (C=O) groups is 2. The second-order valence-electron chi connectivity index (χ2n) is 6.29. The molecule has 2 atom stereocenters. The standard InChI is InChI=1S/C15H25N3O2/c19-14(17-9-3-7-16-8-11-17)15(20)18-10-6-12-4-1-2-5-13(12)18/h12-13,16H,1-11H2. The van der Waals surface area contributed by atoms with Crippen molar-refractivity contribution in [3.8, 4) is 0 Å². The van der Waals surface area contributed by atoms with Crippen LogP contribution in [0.25, 0.3) is 0 Å². The van der Waals surface area contributed by atoms with Gasteiger partial charge in [0, 0.05) is 32.2 Å². The Bertz CT molecular complexity index is 377. The molecule has 2 saturated heterocycles. The Kier molecular flexibility index (Phi) is 4.24. The van der Waals surface area contributed by atoms with Crippen molar-refractivity contribution in [2.24, 2.45) is 5.92 Å². The highest BCUT2D eigenvalue weighted by Crippen LogP contribution is 2.36. The first-order chi connectivity index (χ1) is 9.77. The van der Waals surface area contributed by atoms with Crippen molar-refractivity contribution < 1.29 is 9.59 Å². The second-order valence-corrected chi connectivity index (χ2v) is 6.29. The van der Waals surface area contributed by atoms with E-state index in [-0.39, 0.29) is 11.8 Å². The molecule has 2 aliphatic heterocycles. The minimum absolute atomic E-state index is 0.249. The molecule has 1 N–H and O–H groups in total. The van der Waals surface area contributed by atoms with Crippen molar-refractivity contribution >= 4 is 11.8 Å². The number of nitrogens with one attached hydrogen (secondary N) is 1. The van der Waals surface area contributed by atoms with Gasteiger partial charge >= 0.3 is 11.8 Å². The van der Waals surface area contributed by atoms with Gasteiger partial charge in [0.25, 0.3) is 0 Å². The predicted octanol–water partition coefficient (Wildman–Crippen LogP) is 0.599. The van der Waals surface area contributed by atoms with Crippen molar-refractivity contribution in [3.63, 3.8) is 0 Å². The number of likely N-dealkylation sites (tertiary alicyclic amines) is 1. The lowest BCUT2D eigenvalue weighted by atomic mass is 9.85. The molecule has 3 rings (SSSR count). The number of nitrogens with zero attached hydrogens (tertiary/aromatic N) is 2. The van der Waals surface area contributed by atoms with E-state index in [9.17, 15) is 9.59 Å². The smallest absolute Gasteiger partial charge is 0.312 e. The van der Waals surface area contributed by atoms with E-state index >= 15 is 0 Å². The maximum atomic E-state index is 12.5. The van der Waals surface area contributed by atoms with Crippen LogP contribution in [-0.2, 0) is 9.59 Å². The molecule has 20 heavy (non-hydrogen) atoms. The van der Waals surface area contributed by atoms with E-state index in [4.69, 9.17) is 0 Å². The van der Waals surface area contributed by atoms with Crippen molar-refractivity contribution in [1.29, 1.82) is 0 Å². The maximum absolute atomic E-state index is 12.5. The fraction of sp³-hybridized carbons (Fsp3) is 0.867. The van der Waals surface area contributed by atoms with Gasteiger partial charge in [-0.05, 0) is 38.1 Å². The zero-order valence-corrected chi connectivity index (χ0v) is 12.1. The van der Waals surface area contributed by atoms with E-state index in [1.54, 1.807) is 4.90 Å². The molecule has 0 spiro atoms. The summed E-state index contributed by atoms with van der Waals surface area (Å²) in [6, 6.07) is 0.338. The fourth-order valence-corrected chi connectivity index (χ4v) is 3.96. The van der Waals surface area contributed by atoms with Crippen LogP contribution in [-0.4, -0.2) is 60.4 Å². The van der Waals surface area contributed by atoms with Gasteiger partial charge in [0.05, 0.1) is 0 Å². The highest BCUT2D eigenvalue weighted by atomic mass is 16.2. The lowest BCUT2D eigenvalue weighted by Crippen LogP contribution is -2.49. The number of fused-ring (bicyclic) bond motifs is 1. The molecule has 0 aromatic carbocycles. The van der Waals surface area contributed by atoms with E-state index in [0.717, 1.165) is 38.9 Å². The van der Waals surface area contributed by atoms with Gasteiger partial charge in [-0.15, -0.1) is 0 Å². The summed E-state index contributed by atoms with van der Waals surface area (Å²) in [7, 11) is 0. The van der Waals surface area contributed by atoms with Crippen molar-refractivity contribution in [2.45, 2.75) is 44.6 Å². The van der Waals surface area contributed by atoms with Gasteiger partial charge in [-0.3, -0.25) is 9.59 Å². The summed E-state index contributed by atoms with van der Waals surface area (Å²) in [6.07, 6.45) is 6.83. The van der Waals surface area contributed by atoms with Crippen molar-refractivity contribution in [3.05, 3.63) is 0 Å². The highest BCUT2D eigenvalue weighted by molar-refractivity contribution is 6.35. The Hall–Kier alpha value is -1.10. The SMILES string of the molecule is O=C(C(=O)N1CCC2CCCCC21)N1CCCNCC1. The lowest BCUT2D eigenvalue weighted by Gasteiger charge is -2.32. The van der Waals surface area contributed by atoms with Crippen LogP contribution in [0.1, 0.15) is 38.5 Å². The van der Waals surface area contributed by atoms with Crippen LogP contribution >= 0.6 is 0 Å². The van der Waals surface area contributed by atoms with Gasteiger partial charge in [0.2, 0.25) is 0 Å². The quantitative estimate of drug-likeness (QED) is 0.661. The largest absolute Gasteiger partial charge is 0.333 e. The van der Waals surface area contributed by atoms with Crippen LogP contribution in [0.5, 0.6) is 0 Å². The summed E-state index contributed by atoms with van der Waals surface area (Å²) < 4.78 is 0. The molecular weight excluding hydrogens is 254 g/mol. The minimum atomic E-state index is -0.278. The lowest BCUT2D eigenvalue weighted by molar-refractivity contribution is -0.152. The van der Waals surface area contributed by atoms with Crippen LogP contribution in [0, 0.1) is 5.92 Å². The monoisotopic (exact) mass is 279 g/mol. The van der Waals surface area contributed by atoms with Crippen LogP contribution < -0.4 is 5.32 Å². The Morgan fingerprint density at radius 3 is 2.60 bits per heavy atom. The number of amides is 2. The first-order valence-electron chi connectivity index (χ1n) is 8.08.